The molecule has 0 saturated heterocycles. The van der Waals surface area contributed by atoms with E-state index >= 15 is 0 Å². The molecular formula is C16H16N6O3. The van der Waals surface area contributed by atoms with Gasteiger partial charge in [0.25, 0.3) is 5.91 Å². The highest BCUT2D eigenvalue weighted by atomic mass is 16.6. The Morgan fingerprint density at radius 2 is 2.00 bits per heavy atom. The molecule has 2 aromatic heterocycles. The van der Waals surface area contributed by atoms with Gasteiger partial charge in [0, 0.05) is 18.8 Å². The second-order valence-corrected chi connectivity index (χ2v) is 5.48. The predicted molar refractivity (Wildman–Crippen MR) is 88.8 cm³/mol. The van der Waals surface area contributed by atoms with Crippen LogP contribution in [0.15, 0.2) is 48.9 Å². The number of nitro groups is 1. The highest BCUT2D eigenvalue weighted by Crippen LogP contribution is 2.11. The molecule has 0 aliphatic carbocycles. The van der Waals surface area contributed by atoms with Crippen molar-refractivity contribution in [2.24, 2.45) is 7.05 Å². The summed E-state index contributed by atoms with van der Waals surface area (Å²) in [6.45, 7) is 0.790. The summed E-state index contributed by atoms with van der Waals surface area (Å²) in [4.78, 5) is 22.3. The van der Waals surface area contributed by atoms with Crippen LogP contribution in [-0.4, -0.2) is 30.4 Å². The van der Waals surface area contributed by atoms with Gasteiger partial charge in [-0.25, -0.2) is 0 Å². The summed E-state index contributed by atoms with van der Waals surface area (Å²) in [6.07, 6.45) is 4.25. The van der Waals surface area contributed by atoms with Crippen LogP contribution < -0.4 is 5.32 Å². The number of amides is 1. The van der Waals surface area contributed by atoms with E-state index < -0.39 is 4.92 Å². The van der Waals surface area contributed by atoms with Crippen LogP contribution in [0.25, 0.3) is 0 Å². The Morgan fingerprint density at radius 1 is 1.24 bits per heavy atom. The van der Waals surface area contributed by atoms with Gasteiger partial charge in [-0.15, -0.1) is 0 Å². The van der Waals surface area contributed by atoms with E-state index in [4.69, 9.17) is 0 Å². The lowest BCUT2D eigenvalue weighted by Gasteiger charge is -2.07. The summed E-state index contributed by atoms with van der Waals surface area (Å²) < 4.78 is 3.18. The van der Waals surface area contributed by atoms with Crippen LogP contribution in [-0.2, 0) is 20.1 Å². The topological polar surface area (TPSA) is 108 Å². The molecule has 1 N–H and O–H groups in total. The molecule has 0 fully saturated rings. The zero-order valence-corrected chi connectivity index (χ0v) is 13.5. The van der Waals surface area contributed by atoms with E-state index in [1.54, 1.807) is 35.1 Å². The Labute approximate surface area is 143 Å². The third-order valence-corrected chi connectivity index (χ3v) is 3.74. The first kappa shape index (κ1) is 16.4. The molecule has 1 aromatic carbocycles. The van der Waals surface area contributed by atoms with Gasteiger partial charge in [-0.05, 0) is 23.8 Å². The molecule has 0 aliphatic heterocycles. The van der Waals surface area contributed by atoms with Gasteiger partial charge in [0.1, 0.15) is 12.4 Å². The van der Waals surface area contributed by atoms with Gasteiger partial charge in [0.05, 0.1) is 23.7 Å². The van der Waals surface area contributed by atoms with Gasteiger partial charge >= 0.3 is 5.69 Å². The van der Waals surface area contributed by atoms with Crippen LogP contribution in [0.1, 0.15) is 21.6 Å². The van der Waals surface area contributed by atoms with Gasteiger partial charge in [0.2, 0.25) is 0 Å². The number of carbonyl (C=O) groups excluding carboxylic acids is 1. The van der Waals surface area contributed by atoms with Crippen molar-refractivity contribution >= 4 is 11.6 Å². The Bertz CT molecular complexity index is 897. The van der Waals surface area contributed by atoms with E-state index in [1.807, 2.05) is 13.1 Å². The summed E-state index contributed by atoms with van der Waals surface area (Å²) in [6, 6.07) is 8.86. The number of rotatable bonds is 6. The third kappa shape index (κ3) is 3.89. The van der Waals surface area contributed by atoms with Gasteiger partial charge < -0.3 is 5.32 Å². The van der Waals surface area contributed by atoms with Gasteiger partial charge in [-0.1, -0.05) is 12.1 Å². The molecule has 0 atom stereocenters. The summed E-state index contributed by atoms with van der Waals surface area (Å²) in [5, 5.41) is 21.5. The van der Waals surface area contributed by atoms with Crippen LogP contribution >= 0.6 is 0 Å². The lowest BCUT2D eigenvalue weighted by molar-refractivity contribution is -0.385. The zero-order chi connectivity index (χ0) is 17.8. The SMILES string of the molecule is Cn1nccc1CNC(=O)c1ccc(Cn2cc([N+](=O)[O-])cn2)cc1. The first-order chi connectivity index (χ1) is 12.0. The number of nitrogens with one attached hydrogen (secondary N) is 1. The average molecular weight is 340 g/mol. The molecule has 0 aliphatic rings. The number of benzene rings is 1. The van der Waals surface area contributed by atoms with Crippen LogP contribution in [0.3, 0.4) is 0 Å². The molecule has 0 unspecified atom stereocenters. The van der Waals surface area contributed by atoms with Gasteiger partial charge in [0.15, 0.2) is 0 Å². The summed E-state index contributed by atoms with van der Waals surface area (Å²) in [5.41, 5.74) is 2.29. The lowest BCUT2D eigenvalue weighted by Crippen LogP contribution is -2.24. The van der Waals surface area contributed by atoms with Gasteiger partial charge in [-0.2, -0.15) is 10.2 Å². The van der Waals surface area contributed by atoms with Crippen molar-refractivity contribution in [3.8, 4) is 0 Å². The normalized spacial score (nSPS) is 10.6. The van der Waals surface area contributed by atoms with E-state index in [2.05, 4.69) is 15.5 Å². The number of carbonyl (C=O) groups is 1. The van der Waals surface area contributed by atoms with Crippen LogP contribution in [0.5, 0.6) is 0 Å². The molecule has 3 rings (SSSR count). The largest absolute Gasteiger partial charge is 0.346 e. The Hall–Kier alpha value is -3.49. The van der Waals surface area contributed by atoms with Crippen molar-refractivity contribution in [3.05, 3.63) is 75.9 Å². The molecule has 25 heavy (non-hydrogen) atoms. The van der Waals surface area contributed by atoms with Crippen molar-refractivity contribution in [1.82, 2.24) is 24.9 Å². The van der Waals surface area contributed by atoms with Crippen molar-refractivity contribution in [3.63, 3.8) is 0 Å². The molecule has 0 spiro atoms. The number of nitrogens with zero attached hydrogens (tertiary/aromatic N) is 5. The Balaban J connectivity index is 1.60. The van der Waals surface area contributed by atoms with Crippen molar-refractivity contribution in [2.75, 3.05) is 0 Å². The van der Waals surface area contributed by atoms with E-state index in [1.165, 1.54) is 17.1 Å². The fourth-order valence-electron chi connectivity index (χ4n) is 2.33. The van der Waals surface area contributed by atoms with E-state index in [9.17, 15) is 14.9 Å². The molecule has 0 saturated carbocycles. The minimum absolute atomic E-state index is 0.0498. The molecule has 0 radical (unpaired) electrons. The standard InChI is InChI=1S/C16H16N6O3/c1-20-14(6-7-18-20)8-17-16(23)13-4-2-12(3-5-13)10-21-11-15(9-19-21)22(24)25/h2-7,9,11H,8,10H2,1H3,(H,17,23). The predicted octanol–water partition coefficient (Wildman–Crippen LogP) is 1.50. The second kappa shape index (κ2) is 6.95. The van der Waals surface area contributed by atoms with E-state index in [0.29, 0.717) is 18.7 Å². The maximum absolute atomic E-state index is 12.2. The molecule has 2 heterocycles. The maximum atomic E-state index is 12.2. The smallest absolute Gasteiger partial charge is 0.307 e. The number of aryl methyl sites for hydroxylation is 1. The van der Waals surface area contributed by atoms with Gasteiger partial charge in [-0.3, -0.25) is 24.3 Å². The number of aromatic nitrogens is 4. The quantitative estimate of drug-likeness (QED) is 0.540. The first-order valence-corrected chi connectivity index (χ1v) is 7.54. The molecular weight excluding hydrogens is 324 g/mol. The molecule has 9 nitrogen and oxygen atoms in total. The number of hydrogen-bond acceptors (Lipinski definition) is 5. The van der Waals surface area contributed by atoms with Crippen LogP contribution in [0.2, 0.25) is 0 Å². The van der Waals surface area contributed by atoms with Crippen LogP contribution in [0.4, 0.5) is 5.69 Å². The average Bonchev–Trinajstić information content (AvgIpc) is 3.22. The van der Waals surface area contributed by atoms with Crippen molar-refractivity contribution in [1.29, 1.82) is 0 Å². The third-order valence-electron chi connectivity index (χ3n) is 3.74. The molecule has 3 aromatic rings. The lowest BCUT2D eigenvalue weighted by atomic mass is 10.1. The number of hydrogen-bond donors (Lipinski definition) is 1. The minimum Gasteiger partial charge on any atom is -0.346 e. The molecule has 128 valence electrons. The highest BCUT2D eigenvalue weighted by Gasteiger charge is 2.10. The Morgan fingerprint density at radius 3 is 2.60 bits per heavy atom. The van der Waals surface area contributed by atoms with Crippen molar-refractivity contribution in [2.45, 2.75) is 13.1 Å². The second-order valence-electron chi connectivity index (χ2n) is 5.48. The fourth-order valence-corrected chi connectivity index (χ4v) is 2.33. The molecule has 0 bridgehead atoms. The first-order valence-electron chi connectivity index (χ1n) is 7.54. The molecule has 1 amide bonds. The molecule has 9 heteroatoms. The van der Waals surface area contributed by atoms with Crippen LogP contribution in [0, 0.1) is 10.1 Å². The zero-order valence-electron chi connectivity index (χ0n) is 13.5. The maximum Gasteiger partial charge on any atom is 0.307 e. The van der Waals surface area contributed by atoms with E-state index in [0.717, 1.165) is 11.3 Å². The summed E-state index contributed by atoms with van der Waals surface area (Å²) in [7, 11) is 1.82. The summed E-state index contributed by atoms with van der Waals surface area (Å²) in [5.74, 6) is -0.178. The monoisotopic (exact) mass is 340 g/mol. The Kier molecular flexibility index (Phi) is 4.55. The fraction of sp³-hybridized carbons (Fsp3) is 0.188. The minimum atomic E-state index is -0.487. The summed E-state index contributed by atoms with van der Waals surface area (Å²) >= 11 is 0. The van der Waals surface area contributed by atoms with Crippen molar-refractivity contribution < 1.29 is 9.72 Å². The van der Waals surface area contributed by atoms with E-state index in [-0.39, 0.29) is 11.6 Å². The highest BCUT2D eigenvalue weighted by molar-refractivity contribution is 5.94.